The summed E-state index contributed by atoms with van der Waals surface area (Å²) in [7, 11) is 1.67. The fourth-order valence-corrected chi connectivity index (χ4v) is 3.65. The number of halogens is 2. The van der Waals surface area contributed by atoms with Crippen molar-refractivity contribution in [2.24, 2.45) is 0 Å². The highest BCUT2D eigenvalue weighted by Gasteiger charge is 2.22. The van der Waals surface area contributed by atoms with E-state index in [1.54, 1.807) is 25.3 Å². The third kappa shape index (κ3) is 5.04. The molecule has 0 bridgehead atoms. The normalized spacial score (nSPS) is 15.0. The van der Waals surface area contributed by atoms with Crippen LogP contribution in [0.5, 0.6) is 5.75 Å². The Kier molecular flexibility index (Phi) is 6.25. The van der Waals surface area contributed by atoms with E-state index < -0.39 is 0 Å². The lowest BCUT2D eigenvalue weighted by atomic mass is 10.2. The number of nitrogens with zero attached hydrogens (tertiary/aromatic N) is 1. The highest BCUT2D eigenvalue weighted by atomic mass is 35.5. The van der Waals surface area contributed by atoms with Gasteiger partial charge in [-0.05, 0) is 30.3 Å². The lowest BCUT2D eigenvalue weighted by Crippen LogP contribution is -3.15. The van der Waals surface area contributed by atoms with E-state index in [2.05, 4.69) is 16.3 Å². The van der Waals surface area contributed by atoms with Gasteiger partial charge in [0.05, 0.1) is 33.3 Å². The van der Waals surface area contributed by atoms with E-state index in [-0.39, 0.29) is 5.91 Å². The van der Waals surface area contributed by atoms with Gasteiger partial charge in [-0.2, -0.15) is 0 Å². The lowest BCUT2D eigenvalue weighted by molar-refractivity contribution is -0.892. The Morgan fingerprint density at radius 1 is 1.15 bits per heavy atom. The first-order valence-corrected chi connectivity index (χ1v) is 9.27. The van der Waals surface area contributed by atoms with Crippen molar-refractivity contribution in [2.75, 3.05) is 50.1 Å². The number of methoxy groups -OCH3 is 1. The van der Waals surface area contributed by atoms with E-state index in [1.165, 1.54) is 4.90 Å². The summed E-state index contributed by atoms with van der Waals surface area (Å²) in [5.41, 5.74) is 1.78. The summed E-state index contributed by atoms with van der Waals surface area (Å²) < 4.78 is 5.29. The summed E-state index contributed by atoms with van der Waals surface area (Å²) in [4.78, 5) is 15.9. The minimum Gasteiger partial charge on any atom is -0.497 e. The quantitative estimate of drug-likeness (QED) is 0.817. The maximum atomic E-state index is 12.3. The second-order valence-corrected chi connectivity index (χ2v) is 7.19. The second kappa shape index (κ2) is 8.62. The van der Waals surface area contributed by atoms with Gasteiger partial charge in [0.15, 0.2) is 6.54 Å². The fourth-order valence-electron chi connectivity index (χ4n) is 3.12. The van der Waals surface area contributed by atoms with Crippen LogP contribution >= 0.6 is 23.2 Å². The van der Waals surface area contributed by atoms with Crippen LogP contribution in [0.15, 0.2) is 42.5 Å². The van der Waals surface area contributed by atoms with Crippen molar-refractivity contribution in [3.05, 3.63) is 52.5 Å². The number of anilines is 2. The second-order valence-electron chi connectivity index (χ2n) is 6.32. The zero-order valence-corrected chi connectivity index (χ0v) is 16.1. The summed E-state index contributed by atoms with van der Waals surface area (Å²) in [5, 5.41) is 3.88. The van der Waals surface area contributed by atoms with Gasteiger partial charge in [0.25, 0.3) is 5.91 Å². The molecule has 0 saturated carbocycles. The Morgan fingerprint density at radius 2 is 1.85 bits per heavy atom. The number of ether oxygens (including phenoxy) is 1. The number of carbonyl (C=O) groups excluding carboxylic acids is 1. The molecule has 2 aromatic carbocycles. The average Bonchev–Trinajstić information content (AvgIpc) is 2.61. The molecule has 0 aromatic heterocycles. The van der Waals surface area contributed by atoms with Crippen LogP contribution < -0.4 is 19.9 Å². The molecular formula is C19H22Cl2N3O2+. The van der Waals surface area contributed by atoms with Crippen molar-refractivity contribution in [1.82, 2.24) is 0 Å². The van der Waals surface area contributed by atoms with Gasteiger partial charge in [-0.25, -0.2) is 0 Å². The molecule has 2 aromatic rings. The molecule has 26 heavy (non-hydrogen) atoms. The smallest absolute Gasteiger partial charge is 0.279 e. The van der Waals surface area contributed by atoms with Crippen molar-refractivity contribution < 1.29 is 14.4 Å². The molecule has 0 spiro atoms. The summed E-state index contributed by atoms with van der Waals surface area (Å²) in [6.07, 6.45) is 0. The summed E-state index contributed by atoms with van der Waals surface area (Å²) >= 11 is 11.9. The van der Waals surface area contributed by atoms with E-state index in [1.807, 2.05) is 18.2 Å². The van der Waals surface area contributed by atoms with Crippen molar-refractivity contribution in [1.29, 1.82) is 0 Å². The zero-order valence-electron chi connectivity index (χ0n) is 14.6. The van der Waals surface area contributed by atoms with Gasteiger partial charge in [-0.1, -0.05) is 29.3 Å². The molecule has 7 heteroatoms. The minimum absolute atomic E-state index is 0.0341. The minimum atomic E-state index is -0.0341. The van der Waals surface area contributed by atoms with Gasteiger partial charge < -0.3 is 19.9 Å². The molecule has 2 N–H and O–H groups in total. The van der Waals surface area contributed by atoms with E-state index in [0.717, 1.165) is 37.6 Å². The maximum Gasteiger partial charge on any atom is 0.279 e. The van der Waals surface area contributed by atoms with Gasteiger partial charge in [0.1, 0.15) is 5.75 Å². The number of quaternary nitrogens is 1. The van der Waals surface area contributed by atoms with Crippen molar-refractivity contribution in [3.8, 4) is 5.75 Å². The summed E-state index contributed by atoms with van der Waals surface area (Å²) in [5.74, 6) is 0.824. The first-order chi connectivity index (χ1) is 12.5. The van der Waals surface area contributed by atoms with Gasteiger partial charge >= 0.3 is 0 Å². The SMILES string of the molecule is COc1cccc(N2CC[NH+](CC(=O)Nc3cc(Cl)cc(Cl)c3)CC2)c1. The van der Waals surface area contributed by atoms with E-state index in [9.17, 15) is 4.79 Å². The lowest BCUT2D eigenvalue weighted by Gasteiger charge is -2.33. The molecule has 1 aliphatic rings. The van der Waals surface area contributed by atoms with Gasteiger partial charge in [0.2, 0.25) is 0 Å². The van der Waals surface area contributed by atoms with Gasteiger partial charge in [0, 0.05) is 27.5 Å². The van der Waals surface area contributed by atoms with Crippen LogP contribution in [0.25, 0.3) is 0 Å². The predicted molar refractivity (Wildman–Crippen MR) is 106 cm³/mol. The monoisotopic (exact) mass is 394 g/mol. The van der Waals surface area contributed by atoms with Gasteiger partial charge in [-0.3, -0.25) is 4.79 Å². The van der Waals surface area contributed by atoms with Crippen LogP contribution in [0, 0.1) is 0 Å². The molecule has 1 amide bonds. The van der Waals surface area contributed by atoms with Crippen LogP contribution in [0.1, 0.15) is 0 Å². The number of amides is 1. The molecule has 0 radical (unpaired) electrons. The Labute approximate surface area is 163 Å². The molecule has 1 aliphatic heterocycles. The first-order valence-electron chi connectivity index (χ1n) is 8.52. The molecule has 138 valence electrons. The van der Waals surface area contributed by atoms with Crippen LogP contribution in [0.3, 0.4) is 0 Å². The third-order valence-corrected chi connectivity index (χ3v) is 4.88. The van der Waals surface area contributed by atoms with E-state index in [0.29, 0.717) is 22.3 Å². The van der Waals surface area contributed by atoms with Crippen LogP contribution in [-0.4, -0.2) is 45.7 Å². The standard InChI is InChI=1S/C19H21Cl2N3O2/c1-26-18-4-2-3-17(12-18)24-7-5-23(6-8-24)13-19(25)22-16-10-14(20)9-15(21)11-16/h2-4,9-12H,5-8,13H2,1H3,(H,22,25)/p+1. The van der Waals surface area contributed by atoms with Gasteiger partial charge in [-0.15, -0.1) is 0 Å². The van der Waals surface area contributed by atoms with Crippen LogP contribution in [0.2, 0.25) is 10.0 Å². The van der Waals surface area contributed by atoms with E-state index >= 15 is 0 Å². The molecule has 0 atom stereocenters. The van der Waals surface area contributed by atoms with Crippen LogP contribution in [0.4, 0.5) is 11.4 Å². The summed E-state index contributed by atoms with van der Waals surface area (Å²) in [6, 6.07) is 13.1. The van der Waals surface area contributed by atoms with E-state index in [4.69, 9.17) is 27.9 Å². The number of benzene rings is 2. The zero-order chi connectivity index (χ0) is 18.5. The van der Waals surface area contributed by atoms with Crippen molar-refractivity contribution in [2.45, 2.75) is 0 Å². The number of rotatable bonds is 5. The number of hydrogen-bond acceptors (Lipinski definition) is 3. The Bertz CT molecular complexity index is 757. The summed E-state index contributed by atoms with van der Waals surface area (Å²) in [6.45, 7) is 4.04. The molecule has 5 nitrogen and oxygen atoms in total. The molecule has 0 unspecified atom stereocenters. The van der Waals surface area contributed by atoms with Crippen molar-refractivity contribution >= 4 is 40.5 Å². The topological polar surface area (TPSA) is 46.0 Å². The number of piperazine rings is 1. The Hall–Kier alpha value is -1.95. The van der Waals surface area contributed by atoms with Crippen LogP contribution in [-0.2, 0) is 4.79 Å². The predicted octanol–water partition coefficient (Wildman–Crippen LogP) is 2.35. The molecule has 1 heterocycles. The molecule has 3 rings (SSSR count). The Balaban J connectivity index is 1.51. The first kappa shape index (κ1) is 18.8. The molecule has 1 fully saturated rings. The highest BCUT2D eigenvalue weighted by molar-refractivity contribution is 6.35. The number of nitrogens with one attached hydrogen (secondary N) is 2. The molecule has 1 saturated heterocycles. The number of carbonyl (C=O) groups is 1. The maximum absolute atomic E-state index is 12.3. The average molecular weight is 395 g/mol. The fraction of sp³-hybridized carbons (Fsp3) is 0.316. The number of hydrogen-bond donors (Lipinski definition) is 2. The van der Waals surface area contributed by atoms with Crippen molar-refractivity contribution in [3.63, 3.8) is 0 Å². The largest absolute Gasteiger partial charge is 0.497 e. The third-order valence-electron chi connectivity index (χ3n) is 4.45. The highest BCUT2D eigenvalue weighted by Crippen LogP contribution is 2.22. The molecule has 0 aliphatic carbocycles. The molecular weight excluding hydrogens is 373 g/mol. The Morgan fingerprint density at radius 3 is 2.50 bits per heavy atom.